The van der Waals surface area contributed by atoms with Crippen molar-refractivity contribution in [3.8, 4) is 0 Å². The summed E-state index contributed by atoms with van der Waals surface area (Å²) in [5.41, 5.74) is 1.10. The molecule has 1 aromatic rings. The number of nitrogens with one attached hydrogen (secondary N) is 1. The Bertz CT molecular complexity index is 430. The third-order valence-electron chi connectivity index (χ3n) is 2.85. The van der Waals surface area contributed by atoms with Gasteiger partial charge in [-0.25, -0.2) is 9.97 Å². The minimum atomic E-state index is -0.0420. The zero-order chi connectivity index (χ0) is 15.2. The second kappa shape index (κ2) is 7.84. The summed E-state index contributed by atoms with van der Waals surface area (Å²) in [5.74, 6) is 2.87. The van der Waals surface area contributed by atoms with Gasteiger partial charge < -0.3 is 10.1 Å². The molecule has 0 unspecified atom stereocenters. The smallest absolute Gasteiger partial charge is 0.137 e. The van der Waals surface area contributed by atoms with Crippen molar-refractivity contribution in [2.24, 2.45) is 0 Å². The molecule has 114 valence electrons. The lowest BCUT2D eigenvalue weighted by Gasteiger charge is -2.20. The molecule has 0 saturated heterocycles. The third-order valence-corrected chi connectivity index (χ3v) is 4.01. The second-order valence-electron chi connectivity index (χ2n) is 5.80. The molecule has 0 atom stereocenters. The Morgan fingerprint density at radius 2 is 1.95 bits per heavy atom. The van der Waals surface area contributed by atoms with E-state index in [-0.39, 0.29) is 5.41 Å². The van der Waals surface area contributed by atoms with Crippen LogP contribution in [0.1, 0.15) is 45.5 Å². The Morgan fingerprint density at radius 3 is 2.50 bits per heavy atom. The Kier molecular flexibility index (Phi) is 6.76. The van der Waals surface area contributed by atoms with Crippen molar-refractivity contribution in [2.75, 3.05) is 31.3 Å². The second-order valence-corrected chi connectivity index (χ2v) is 6.88. The van der Waals surface area contributed by atoms with Crippen LogP contribution >= 0.6 is 11.8 Å². The van der Waals surface area contributed by atoms with E-state index in [1.807, 2.05) is 0 Å². The lowest BCUT2D eigenvalue weighted by molar-refractivity contribution is 0.200. The molecule has 5 heteroatoms. The number of methoxy groups -OCH3 is 1. The van der Waals surface area contributed by atoms with Crippen molar-refractivity contribution < 1.29 is 4.74 Å². The topological polar surface area (TPSA) is 47.0 Å². The fourth-order valence-corrected chi connectivity index (χ4v) is 2.60. The molecule has 1 aromatic heterocycles. The lowest BCUT2D eigenvalue weighted by Crippen LogP contribution is -2.19. The quantitative estimate of drug-likeness (QED) is 0.473. The Hall–Kier alpha value is -0.810. The maximum absolute atomic E-state index is 5.09. The number of hydrogen-bond acceptors (Lipinski definition) is 5. The molecule has 1 heterocycles. The summed E-state index contributed by atoms with van der Waals surface area (Å²) < 4.78 is 5.09. The van der Waals surface area contributed by atoms with E-state index in [0.717, 1.165) is 47.6 Å². The average molecular weight is 297 g/mol. The van der Waals surface area contributed by atoms with Crippen LogP contribution in [0.25, 0.3) is 0 Å². The highest BCUT2D eigenvalue weighted by molar-refractivity contribution is 7.99. The minimum absolute atomic E-state index is 0.0420. The summed E-state index contributed by atoms with van der Waals surface area (Å²) in [6.07, 6.45) is 1.03. The predicted molar refractivity (Wildman–Crippen MR) is 86.8 cm³/mol. The molecule has 0 amide bonds. The number of aromatic nitrogens is 2. The summed E-state index contributed by atoms with van der Waals surface area (Å²) >= 11 is 1.79. The van der Waals surface area contributed by atoms with Crippen LogP contribution in [-0.2, 0) is 10.2 Å². The first-order valence-corrected chi connectivity index (χ1v) is 8.13. The van der Waals surface area contributed by atoms with Gasteiger partial charge in [0.25, 0.3) is 0 Å². The average Bonchev–Trinajstić information content (AvgIpc) is 2.37. The zero-order valence-electron chi connectivity index (χ0n) is 13.5. The van der Waals surface area contributed by atoms with Gasteiger partial charge in [-0.1, -0.05) is 20.8 Å². The van der Waals surface area contributed by atoms with Gasteiger partial charge in [-0.3, -0.25) is 0 Å². The number of nitrogens with zero attached hydrogens (tertiary/aromatic N) is 2. The molecular formula is C15H27N3OS. The van der Waals surface area contributed by atoms with Gasteiger partial charge in [0.1, 0.15) is 16.7 Å². The van der Waals surface area contributed by atoms with Crippen LogP contribution in [-0.4, -0.2) is 36.0 Å². The molecule has 20 heavy (non-hydrogen) atoms. The van der Waals surface area contributed by atoms with Crippen LogP contribution in [0.2, 0.25) is 0 Å². The van der Waals surface area contributed by atoms with Crippen LogP contribution in [0.3, 0.4) is 0 Å². The van der Waals surface area contributed by atoms with Crippen molar-refractivity contribution >= 4 is 17.6 Å². The molecule has 1 rings (SSSR count). The van der Waals surface area contributed by atoms with E-state index in [1.165, 1.54) is 0 Å². The maximum Gasteiger partial charge on any atom is 0.137 e. The molecule has 0 bridgehead atoms. The van der Waals surface area contributed by atoms with Gasteiger partial charge in [-0.2, -0.15) is 0 Å². The van der Waals surface area contributed by atoms with Crippen LogP contribution in [0.4, 0.5) is 5.82 Å². The van der Waals surface area contributed by atoms with Crippen molar-refractivity contribution in [3.05, 3.63) is 11.4 Å². The number of thioether (sulfide) groups is 1. The molecule has 0 fully saturated rings. The first-order valence-electron chi connectivity index (χ1n) is 7.14. The van der Waals surface area contributed by atoms with E-state index >= 15 is 0 Å². The Balaban J connectivity index is 2.98. The maximum atomic E-state index is 5.09. The lowest BCUT2D eigenvalue weighted by atomic mass is 9.95. The Morgan fingerprint density at radius 1 is 1.25 bits per heavy atom. The monoisotopic (exact) mass is 297 g/mol. The molecule has 0 spiro atoms. The van der Waals surface area contributed by atoms with E-state index in [4.69, 9.17) is 9.72 Å². The minimum Gasteiger partial charge on any atom is -0.385 e. The molecule has 0 aromatic carbocycles. The fourth-order valence-electron chi connectivity index (χ4n) is 1.68. The van der Waals surface area contributed by atoms with Crippen LogP contribution in [0.15, 0.2) is 5.03 Å². The number of rotatable bonds is 7. The Labute approximate surface area is 127 Å². The van der Waals surface area contributed by atoms with Crippen LogP contribution in [0, 0.1) is 6.92 Å². The van der Waals surface area contributed by atoms with Crippen molar-refractivity contribution in [3.63, 3.8) is 0 Å². The van der Waals surface area contributed by atoms with Gasteiger partial charge in [0.05, 0.1) is 0 Å². The summed E-state index contributed by atoms with van der Waals surface area (Å²) in [6, 6.07) is 0. The molecule has 4 nitrogen and oxygen atoms in total. The molecule has 1 N–H and O–H groups in total. The van der Waals surface area contributed by atoms with Gasteiger partial charge >= 0.3 is 0 Å². The molecule has 0 aliphatic heterocycles. The van der Waals surface area contributed by atoms with E-state index in [0.29, 0.717) is 0 Å². The van der Waals surface area contributed by atoms with Gasteiger partial charge in [-0.15, -0.1) is 11.8 Å². The van der Waals surface area contributed by atoms with E-state index in [1.54, 1.807) is 18.9 Å². The highest BCUT2D eigenvalue weighted by Gasteiger charge is 2.21. The van der Waals surface area contributed by atoms with Gasteiger partial charge in [0.2, 0.25) is 0 Å². The molecule has 0 saturated carbocycles. The molecular weight excluding hydrogens is 270 g/mol. The van der Waals surface area contributed by atoms with E-state index in [2.05, 4.69) is 44.9 Å². The normalized spacial score (nSPS) is 11.7. The van der Waals surface area contributed by atoms with E-state index in [9.17, 15) is 0 Å². The standard InChI is InChI=1S/C15H27N3OS/c1-7-16-12-11(2)13(20-10-8-9-19-6)18-14(17-12)15(3,4)5/h7-10H2,1-6H3,(H,16,17,18). The predicted octanol–water partition coefficient (Wildman–Crippen LogP) is 3.64. The molecule has 0 aliphatic rings. The van der Waals surface area contributed by atoms with Crippen molar-refractivity contribution in [1.82, 2.24) is 9.97 Å². The SMILES string of the molecule is CCNc1nc(C(C)(C)C)nc(SCCCOC)c1C. The summed E-state index contributed by atoms with van der Waals surface area (Å²) in [7, 11) is 1.74. The van der Waals surface area contributed by atoms with Crippen molar-refractivity contribution in [2.45, 2.75) is 51.5 Å². The number of hydrogen-bond donors (Lipinski definition) is 1. The zero-order valence-corrected chi connectivity index (χ0v) is 14.4. The highest BCUT2D eigenvalue weighted by Crippen LogP contribution is 2.29. The largest absolute Gasteiger partial charge is 0.385 e. The van der Waals surface area contributed by atoms with Gasteiger partial charge in [0, 0.05) is 37.0 Å². The number of anilines is 1. The first-order chi connectivity index (χ1) is 9.40. The first kappa shape index (κ1) is 17.2. The third kappa shape index (κ3) is 4.94. The van der Waals surface area contributed by atoms with Crippen LogP contribution < -0.4 is 5.32 Å². The van der Waals surface area contributed by atoms with Gasteiger partial charge in [0.15, 0.2) is 0 Å². The summed E-state index contributed by atoms with van der Waals surface area (Å²) in [6.45, 7) is 12.3. The molecule has 0 aliphatic carbocycles. The number of ether oxygens (including phenoxy) is 1. The van der Waals surface area contributed by atoms with Crippen LogP contribution in [0.5, 0.6) is 0 Å². The van der Waals surface area contributed by atoms with Crippen molar-refractivity contribution in [1.29, 1.82) is 0 Å². The summed E-state index contributed by atoms with van der Waals surface area (Å²) in [5, 5.41) is 4.42. The fraction of sp³-hybridized carbons (Fsp3) is 0.733. The van der Waals surface area contributed by atoms with E-state index < -0.39 is 0 Å². The van der Waals surface area contributed by atoms with Gasteiger partial charge in [-0.05, 0) is 20.3 Å². The molecule has 0 radical (unpaired) electrons. The summed E-state index contributed by atoms with van der Waals surface area (Å²) in [4.78, 5) is 9.43. The highest BCUT2D eigenvalue weighted by atomic mass is 32.2.